The molecule has 0 saturated heterocycles. The van der Waals surface area contributed by atoms with Gasteiger partial charge < -0.3 is 15.0 Å². The van der Waals surface area contributed by atoms with E-state index in [0.717, 1.165) is 0 Å². The number of carbonyl (C=O) groups is 1. The molecule has 1 aromatic carbocycles. The van der Waals surface area contributed by atoms with Crippen molar-refractivity contribution in [2.24, 2.45) is 0 Å². The van der Waals surface area contributed by atoms with Crippen LogP contribution in [-0.4, -0.2) is 18.2 Å². The zero-order chi connectivity index (χ0) is 15.1. The van der Waals surface area contributed by atoms with Crippen molar-refractivity contribution in [2.75, 3.05) is 12.8 Å². The van der Waals surface area contributed by atoms with Crippen LogP contribution in [0.2, 0.25) is 0 Å². The van der Waals surface area contributed by atoms with Crippen LogP contribution >= 0.6 is 0 Å². The molecule has 6 heteroatoms. The monoisotopic (exact) mass is 288 g/mol. The molecule has 1 heterocycles. The highest BCUT2D eigenvalue weighted by molar-refractivity contribution is 6.03. The number of aromatic nitrogens is 1. The van der Waals surface area contributed by atoms with Crippen LogP contribution in [-0.2, 0) is 9.53 Å². The molecule has 3 rings (SSSR count). The maximum absolute atomic E-state index is 13.5. The third kappa shape index (κ3) is 1.91. The van der Waals surface area contributed by atoms with Crippen molar-refractivity contribution >= 4 is 17.4 Å². The molecule has 108 valence electrons. The van der Waals surface area contributed by atoms with Gasteiger partial charge in [-0.05, 0) is 24.6 Å². The van der Waals surface area contributed by atoms with Gasteiger partial charge in [0.1, 0.15) is 5.82 Å². The number of hydrogen-bond donors (Lipinski definition) is 1. The number of esters is 1. The standard InChI is InChI=1S/C15H13FN2O3/c1-7-10(15(19)20-2)11(8-4-3-5-9(16)6-8)12-13(7)21-18-14(12)17/h3-6,11H,1-2H3,(H2,17,18)/t11-/m0/s1. The van der Waals surface area contributed by atoms with Crippen LogP contribution in [0.5, 0.6) is 0 Å². The van der Waals surface area contributed by atoms with E-state index < -0.39 is 17.7 Å². The van der Waals surface area contributed by atoms with Gasteiger partial charge in [-0.1, -0.05) is 17.3 Å². The average molecular weight is 288 g/mol. The Morgan fingerprint density at radius 3 is 2.90 bits per heavy atom. The predicted octanol–water partition coefficient (Wildman–Crippen LogP) is 2.49. The lowest BCUT2D eigenvalue weighted by Gasteiger charge is -2.15. The van der Waals surface area contributed by atoms with Crippen molar-refractivity contribution in [3.8, 4) is 0 Å². The van der Waals surface area contributed by atoms with Gasteiger partial charge in [0.2, 0.25) is 0 Å². The fourth-order valence-corrected chi connectivity index (χ4v) is 2.74. The summed E-state index contributed by atoms with van der Waals surface area (Å²) in [6.07, 6.45) is 0. The van der Waals surface area contributed by atoms with Crippen LogP contribution in [0.3, 0.4) is 0 Å². The Kier molecular flexibility index (Phi) is 3.01. The minimum absolute atomic E-state index is 0.192. The second-order valence-corrected chi connectivity index (χ2v) is 4.83. The first-order chi connectivity index (χ1) is 10.0. The summed E-state index contributed by atoms with van der Waals surface area (Å²) < 4.78 is 23.6. The summed E-state index contributed by atoms with van der Waals surface area (Å²) in [5, 5.41) is 3.73. The van der Waals surface area contributed by atoms with Crippen molar-refractivity contribution in [3.63, 3.8) is 0 Å². The molecule has 1 aliphatic rings. The van der Waals surface area contributed by atoms with E-state index in [1.165, 1.54) is 19.2 Å². The predicted molar refractivity (Wildman–Crippen MR) is 73.8 cm³/mol. The number of nitrogens with zero attached hydrogens (tertiary/aromatic N) is 1. The van der Waals surface area contributed by atoms with E-state index in [2.05, 4.69) is 5.16 Å². The van der Waals surface area contributed by atoms with Crippen molar-refractivity contribution in [3.05, 3.63) is 52.5 Å². The van der Waals surface area contributed by atoms with Crippen LogP contribution < -0.4 is 5.73 Å². The first-order valence-corrected chi connectivity index (χ1v) is 6.34. The molecule has 0 radical (unpaired) electrons. The Labute approximate surface area is 120 Å². The van der Waals surface area contributed by atoms with E-state index in [9.17, 15) is 9.18 Å². The maximum atomic E-state index is 13.5. The molecule has 1 atom stereocenters. The van der Waals surface area contributed by atoms with Crippen molar-refractivity contribution in [1.29, 1.82) is 0 Å². The number of hydrogen-bond acceptors (Lipinski definition) is 5. The zero-order valence-corrected chi connectivity index (χ0v) is 11.5. The average Bonchev–Trinajstić information content (AvgIpc) is 2.98. The van der Waals surface area contributed by atoms with Gasteiger partial charge >= 0.3 is 5.97 Å². The molecule has 0 spiro atoms. The lowest BCUT2D eigenvalue weighted by atomic mass is 9.89. The van der Waals surface area contributed by atoms with E-state index in [1.54, 1.807) is 19.1 Å². The van der Waals surface area contributed by atoms with Crippen molar-refractivity contribution in [1.82, 2.24) is 5.16 Å². The highest BCUT2D eigenvalue weighted by Crippen LogP contribution is 2.48. The summed E-state index contributed by atoms with van der Waals surface area (Å²) in [4.78, 5) is 12.1. The van der Waals surface area contributed by atoms with E-state index >= 15 is 0 Å². The molecule has 21 heavy (non-hydrogen) atoms. The largest absolute Gasteiger partial charge is 0.466 e. The molecule has 1 aromatic heterocycles. The molecule has 0 aliphatic heterocycles. The molecule has 0 bridgehead atoms. The lowest BCUT2D eigenvalue weighted by molar-refractivity contribution is -0.136. The van der Waals surface area contributed by atoms with Gasteiger partial charge in [0.05, 0.1) is 18.2 Å². The first kappa shape index (κ1) is 13.4. The number of ether oxygens (including phenoxy) is 1. The summed E-state index contributed by atoms with van der Waals surface area (Å²) in [6.45, 7) is 1.73. The van der Waals surface area contributed by atoms with Gasteiger partial charge in [-0.15, -0.1) is 0 Å². The number of anilines is 1. The van der Waals surface area contributed by atoms with Gasteiger partial charge in [0, 0.05) is 11.5 Å². The SMILES string of the molecule is COC(=O)C1=C(C)c2onc(N)c2[C@H]1c1cccc(F)c1. The van der Waals surface area contributed by atoms with Gasteiger partial charge in [-0.3, -0.25) is 0 Å². The van der Waals surface area contributed by atoms with Gasteiger partial charge in [-0.25, -0.2) is 9.18 Å². The van der Waals surface area contributed by atoms with Gasteiger partial charge in [0.25, 0.3) is 0 Å². The number of allylic oxidation sites excluding steroid dienone is 1. The minimum atomic E-state index is -0.533. The number of carbonyl (C=O) groups excluding carboxylic acids is 1. The topological polar surface area (TPSA) is 78.3 Å². The van der Waals surface area contributed by atoms with Crippen molar-refractivity contribution < 1.29 is 18.4 Å². The Hall–Kier alpha value is -2.63. The normalized spacial score (nSPS) is 17.0. The smallest absolute Gasteiger partial charge is 0.335 e. The Morgan fingerprint density at radius 2 is 2.24 bits per heavy atom. The number of benzene rings is 1. The summed E-state index contributed by atoms with van der Waals surface area (Å²) >= 11 is 0. The number of nitrogen functional groups attached to an aromatic ring is 1. The Balaban J connectivity index is 2.24. The quantitative estimate of drug-likeness (QED) is 0.859. The second-order valence-electron chi connectivity index (χ2n) is 4.83. The van der Waals surface area contributed by atoms with Gasteiger partial charge in [0.15, 0.2) is 11.6 Å². The third-order valence-corrected chi connectivity index (χ3v) is 3.67. The molecular formula is C15H13FN2O3. The highest BCUT2D eigenvalue weighted by atomic mass is 19.1. The lowest BCUT2D eigenvalue weighted by Crippen LogP contribution is -2.13. The van der Waals surface area contributed by atoms with E-state index in [4.69, 9.17) is 15.0 Å². The number of methoxy groups -OCH3 is 1. The number of fused-ring (bicyclic) bond motifs is 1. The number of nitrogens with two attached hydrogens (primary N) is 1. The fourth-order valence-electron chi connectivity index (χ4n) is 2.74. The molecule has 0 amide bonds. The third-order valence-electron chi connectivity index (χ3n) is 3.67. The summed E-state index contributed by atoms with van der Waals surface area (Å²) in [5.74, 6) is -0.778. The highest BCUT2D eigenvalue weighted by Gasteiger charge is 2.40. The number of rotatable bonds is 2. The Morgan fingerprint density at radius 1 is 1.48 bits per heavy atom. The fraction of sp³-hybridized carbons (Fsp3) is 0.200. The minimum Gasteiger partial charge on any atom is -0.466 e. The number of halogens is 1. The van der Waals surface area contributed by atoms with Gasteiger partial charge in [-0.2, -0.15) is 0 Å². The van der Waals surface area contributed by atoms with Crippen LogP contribution in [0.1, 0.15) is 29.7 Å². The van der Waals surface area contributed by atoms with Crippen LogP contribution in [0.4, 0.5) is 10.2 Å². The molecule has 2 aromatic rings. The molecule has 1 aliphatic carbocycles. The molecule has 0 saturated carbocycles. The molecule has 5 nitrogen and oxygen atoms in total. The van der Waals surface area contributed by atoms with Crippen LogP contribution in [0.25, 0.3) is 5.57 Å². The van der Waals surface area contributed by atoms with Crippen molar-refractivity contribution in [2.45, 2.75) is 12.8 Å². The molecule has 2 N–H and O–H groups in total. The van der Waals surface area contributed by atoms with Crippen LogP contribution in [0.15, 0.2) is 34.4 Å². The Bertz CT molecular complexity index is 764. The maximum Gasteiger partial charge on any atom is 0.335 e. The molecular weight excluding hydrogens is 275 g/mol. The summed E-state index contributed by atoms with van der Waals surface area (Å²) in [7, 11) is 1.30. The van der Waals surface area contributed by atoms with E-state index in [-0.39, 0.29) is 5.82 Å². The summed E-state index contributed by atoms with van der Waals surface area (Å²) in [5.41, 5.74) is 8.03. The summed E-state index contributed by atoms with van der Waals surface area (Å²) in [6, 6.07) is 6.01. The molecule has 0 fully saturated rings. The first-order valence-electron chi connectivity index (χ1n) is 6.34. The van der Waals surface area contributed by atoms with E-state index in [0.29, 0.717) is 28.0 Å². The molecule has 0 unspecified atom stereocenters. The van der Waals surface area contributed by atoms with E-state index in [1.807, 2.05) is 0 Å². The second kappa shape index (κ2) is 4.73. The van der Waals surface area contributed by atoms with Crippen LogP contribution in [0, 0.1) is 5.82 Å². The zero-order valence-electron chi connectivity index (χ0n) is 11.5.